The molecule has 0 spiro atoms. The molecule has 0 fully saturated rings. The van der Waals surface area contributed by atoms with Crippen LogP contribution in [0.4, 0.5) is 5.82 Å². The van der Waals surface area contributed by atoms with Gasteiger partial charge in [-0.15, -0.1) is 0 Å². The van der Waals surface area contributed by atoms with Crippen molar-refractivity contribution in [2.75, 3.05) is 11.9 Å². The van der Waals surface area contributed by atoms with Crippen molar-refractivity contribution in [3.8, 4) is 0 Å². The van der Waals surface area contributed by atoms with Gasteiger partial charge >= 0.3 is 0 Å². The first-order chi connectivity index (χ1) is 11.2. The van der Waals surface area contributed by atoms with E-state index in [-0.39, 0.29) is 0 Å². The van der Waals surface area contributed by atoms with Crippen molar-refractivity contribution < 1.29 is 9.52 Å². The molecule has 0 aliphatic heterocycles. The van der Waals surface area contributed by atoms with Gasteiger partial charge in [0.25, 0.3) is 0 Å². The molecule has 1 aromatic carbocycles. The highest BCUT2D eigenvalue weighted by molar-refractivity contribution is 6.05. The minimum atomic E-state index is -0.682. The van der Waals surface area contributed by atoms with Gasteiger partial charge in [-0.1, -0.05) is 12.1 Å². The zero-order chi connectivity index (χ0) is 15.8. The minimum absolute atomic E-state index is 0.300. The Morgan fingerprint density at radius 3 is 3.00 bits per heavy atom. The van der Waals surface area contributed by atoms with Gasteiger partial charge in [0.15, 0.2) is 11.4 Å². The maximum atomic E-state index is 10.2. The Bertz CT molecular complexity index is 975. The number of anilines is 1. The second kappa shape index (κ2) is 5.36. The van der Waals surface area contributed by atoms with Gasteiger partial charge in [-0.2, -0.15) is 5.10 Å². The van der Waals surface area contributed by atoms with E-state index < -0.39 is 6.10 Å². The molecule has 2 N–H and O–H groups in total. The number of aromatic nitrogens is 4. The van der Waals surface area contributed by atoms with Crippen LogP contribution < -0.4 is 5.32 Å². The van der Waals surface area contributed by atoms with Crippen LogP contribution in [0.1, 0.15) is 11.7 Å². The fraction of sp³-hybridized carbons (Fsp3) is 0.188. The molecule has 23 heavy (non-hydrogen) atoms. The molecule has 0 bridgehead atoms. The van der Waals surface area contributed by atoms with Crippen LogP contribution in [0.3, 0.4) is 0 Å². The summed E-state index contributed by atoms with van der Waals surface area (Å²) >= 11 is 0. The average Bonchev–Trinajstić information content (AvgIpc) is 3.16. The van der Waals surface area contributed by atoms with E-state index in [1.807, 2.05) is 31.3 Å². The predicted octanol–water partition coefficient (Wildman–Crippen LogP) is 2.25. The molecule has 0 saturated heterocycles. The minimum Gasteiger partial charge on any atom is -0.450 e. The number of aryl methyl sites for hydroxylation is 1. The third kappa shape index (κ3) is 2.40. The number of hydrogen-bond acceptors (Lipinski definition) is 6. The van der Waals surface area contributed by atoms with Gasteiger partial charge in [-0.05, 0) is 12.1 Å². The van der Waals surface area contributed by atoms with E-state index in [2.05, 4.69) is 20.4 Å². The summed E-state index contributed by atoms with van der Waals surface area (Å²) < 4.78 is 7.49. The van der Waals surface area contributed by atoms with Gasteiger partial charge in [-0.25, -0.2) is 9.97 Å². The van der Waals surface area contributed by atoms with Crippen LogP contribution in [0.5, 0.6) is 0 Å². The number of fused-ring (bicyclic) bond motifs is 3. The Morgan fingerprint density at radius 1 is 1.30 bits per heavy atom. The van der Waals surface area contributed by atoms with Crippen molar-refractivity contribution in [2.45, 2.75) is 6.10 Å². The van der Waals surface area contributed by atoms with Crippen LogP contribution in [0.25, 0.3) is 22.1 Å². The van der Waals surface area contributed by atoms with Crippen LogP contribution in [0, 0.1) is 0 Å². The Hall–Kier alpha value is -2.93. The summed E-state index contributed by atoms with van der Waals surface area (Å²) in [5.41, 5.74) is 2.86. The molecule has 0 amide bonds. The zero-order valence-electron chi connectivity index (χ0n) is 12.5. The number of hydrogen-bond donors (Lipinski definition) is 2. The van der Waals surface area contributed by atoms with E-state index in [1.165, 1.54) is 6.33 Å². The van der Waals surface area contributed by atoms with Crippen molar-refractivity contribution in [1.29, 1.82) is 0 Å². The summed E-state index contributed by atoms with van der Waals surface area (Å²) in [4.78, 5) is 8.52. The van der Waals surface area contributed by atoms with Gasteiger partial charge < -0.3 is 14.8 Å². The smallest absolute Gasteiger partial charge is 0.196 e. The molecule has 3 aromatic heterocycles. The summed E-state index contributed by atoms with van der Waals surface area (Å²) in [6.45, 7) is 0.300. The highest BCUT2D eigenvalue weighted by Crippen LogP contribution is 2.30. The lowest BCUT2D eigenvalue weighted by Crippen LogP contribution is -2.12. The fourth-order valence-corrected chi connectivity index (χ4v) is 2.57. The van der Waals surface area contributed by atoms with Crippen LogP contribution >= 0.6 is 0 Å². The number of nitrogens with zero attached hydrogens (tertiary/aromatic N) is 4. The van der Waals surface area contributed by atoms with Gasteiger partial charge in [0, 0.05) is 30.7 Å². The predicted molar refractivity (Wildman–Crippen MR) is 86.0 cm³/mol. The first-order valence-electron chi connectivity index (χ1n) is 7.25. The molecular formula is C16H15N5O2. The summed E-state index contributed by atoms with van der Waals surface area (Å²) in [6, 6.07) is 7.71. The van der Waals surface area contributed by atoms with Crippen LogP contribution in [0.2, 0.25) is 0 Å². The van der Waals surface area contributed by atoms with Gasteiger partial charge in [0.05, 0.1) is 12.3 Å². The van der Waals surface area contributed by atoms with Crippen LogP contribution in [-0.2, 0) is 7.05 Å². The molecule has 4 aromatic rings. The summed E-state index contributed by atoms with van der Waals surface area (Å²) in [5, 5.41) is 18.3. The summed E-state index contributed by atoms with van der Waals surface area (Å²) in [5.74, 6) is 0.564. The standard InChI is InChI=1S/C16H15N5O2/c1-21-8-10(6-20-21)12(22)7-17-16-15-14(18-9-19-16)11-4-2-3-5-13(11)23-15/h2-6,8-9,12,22H,7H2,1H3,(H,17,18,19). The number of aliphatic hydroxyl groups is 1. The van der Waals surface area contributed by atoms with E-state index in [1.54, 1.807) is 17.1 Å². The Kier molecular flexibility index (Phi) is 3.20. The topological polar surface area (TPSA) is 89.0 Å². The third-order valence-electron chi connectivity index (χ3n) is 3.73. The normalized spacial score (nSPS) is 12.8. The number of para-hydroxylation sites is 1. The molecular weight excluding hydrogens is 294 g/mol. The Morgan fingerprint density at radius 2 is 2.17 bits per heavy atom. The molecule has 7 nitrogen and oxygen atoms in total. The molecule has 3 heterocycles. The Balaban J connectivity index is 1.64. The SMILES string of the molecule is Cn1cc(C(O)CNc2ncnc3c2oc2ccccc23)cn1. The molecule has 0 aliphatic carbocycles. The lowest BCUT2D eigenvalue weighted by molar-refractivity contribution is 0.191. The molecule has 7 heteroatoms. The molecule has 116 valence electrons. The van der Waals surface area contributed by atoms with E-state index in [0.29, 0.717) is 17.9 Å². The first-order valence-corrected chi connectivity index (χ1v) is 7.25. The molecule has 4 rings (SSSR count). The van der Waals surface area contributed by atoms with Crippen molar-refractivity contribution in [3.63, 3.8) is 0 Å². The van der Waals surface area contributed by atoms with Crippen molar-refractivity contribution >= 4 is 27.9 Å². The van der Waals surface area contributed by atoms with E-state index in [4.69, 9.17) is 4.42 Å². The van der Waals surface area contributed by atoms with Crippen LogP contribution in [0.15, 0.2) is 47.4 Å². The Labute approximate surface area is 131 Å². The largest absolute Gasteiger partial charge is 0.450 e. The molecule has 0 saturated carbocycles. The van der Waals surface area contributed by atoms with Crippen molar-refractivity contribution in [3.05, 3.63) is 48.5 Å². The van der Waals surface area contributed by atoms with E-state index in [9.17, 15) is 5.11 Å². The number of nitrogens with one attached hydrogen (secondary N) is 1. The van der Waals surface area contributed by atoms with E-state index in [0.717, 1.165) is 22.0 Å². The maximum absolute atomic E-state index is 10.2. The zero-order valence-corrected chi connectivity index (χ0v) is 12.5. The van der Waals surface area contributed by atoms with Gasteiger partial charge in [0.2, 0.25) is 0 Å². The van der Waals surface area contributed by atoms with Crippen molar-refractivity contribution in [2.24, 2.45) is 7.05 Å². The highest BCUT2D eigenvalue weighted by atomic mass is 16.3. The number of rotatable bonds is 4. The number of benzene rings is 1. The summed E-state index contributed by atoms with van der Waals surface area (Å²) in [6.07, 6.45) is 4.23. The third-order valence-corrected chi connectivity index (χ3v) is 3.73. The lowest BCUT2D eigenvalue weighted by atomic mass is 10.2. The second-order valence-electron chi connectivity index (χ2n) is 5.34. The maximum Gasteiger partial charge on any atom is 0.196 e. The first kappa shape index (κ1) is 13.7. The molecule has 1 unspecified atom stereocenters. The van der Waals surface area contributed by atoms with Crippen LogP contribution in [-0.4, -0.2) is 31.4 Å². The highest BCUT2D eigenvalue weighted by Gasteiger charge is 2.15. The molecule has 1 atom stereocenters. The van der Waals surface area contributed by atoms with Crippen molar-refractivity contribution in [1.82, 2.24) is 19.7 Å². The number of aliphatic hydroxyl groups excluding tert-OH is 1. The molecule has 0 aliphatic rings. The van der Waals surface area contributed by atoms with E-state index >= 15 is 0 Å². The monoisotopic (exact) mass is 309 g/mol. The van der Waals surface area contributed by atoms with Gasteiger partial charge in [-0.3, -0.25) is 4.68 Å². The lowest BCUT2D eigenvalue weighted by Gasteiger charge is -2.10. The summed E-state index contributed by atoms with van der Waals surface area (Å²) in [7, 11) is 1.81. The second-order valence-corrected chi connectivity index (χ2v) is 5.34. The molecule has 0 radical (unpaired) electrons. The van der Waals surface area contributed by atoms with Gasteiger partial charge in [0.1, 0.15) is 17.4 Å². The average molecular weight is 309 g/mol. The quantitative estimate of drug-likeness (QED) is 0.601. The number of furan rings is 1. The fourth-order valence-electron chi connectivity index (χ4n) is 2.57.